The average Bonchev–Trinajstić information content (AvgIpc) is 2.28. The van der Waals surface area contributed by atoms with E-state index in [1.54, 1.807) is 0 Å². The van der Waals surface area contributed by atoms with Gasteiger partial charge in [-0.05, 0) is 25.0 Å². The fourth-order valence-electron chi connectivity index (χ4n) is 1.46. The van der Waals surface area contributed by atoms with Gasteiger partial charge in [0, 0.05) is 18.3 Å². The summed E-state index contributed by atoms with van der Waals surface area (Å²) in [5.41, 5.74) is 1.12. The molecule has 0 radical (unpaired) electrons. The summed E-state index contributed by atoms with van der Waals surface area (Å²) in [6.07, 6.45) is 0.961. The second-order valence-electron chi connectivity index (χ2n) is 4.45. The van der Waals surface area contributed by atoms with Crippen molar-refractivity contribution in [2.24, 2.45) is 5.92 Å². The predicted molar refractivity (Wildman–Crippen MR) is 76.6 cm³/mol. The molecule has 0 amide bonds. The Bertz CT molecular complexity index is 339. The van der Waals surface area contributed by atoms with Crippen LogP contribution in [0.5, 0.6) is 0 Å². The molecule has 0 unspecified atom stereocenters. The molecule has 0 fully saturated rings. The zero-order chi connectivity index (χ0) is 12.7. The predicted octanol–water partition coefficient (Wildman–Crippen LogP) is 3.36. The first-order chi connectivity index (χ1) is 8.15. The standard InChI is InChI=1S/C13H23N3S/c1-5-11-7-12(14-6-2)16-13(15-11)9-17-8-10(3)4/h7,10H,5-6,8-9H2,1-4H3,(H,14,15,16). The lowest BCUT2D eigenvalue weighted by molar-refractivity contribution is 0.749. The number of rotatable bonds is 7. The van der Waals surface area contributed by atoms with Gasteiger partial charge in [0.25, 0.3) is 0 Å². The summed E-state index contributed by atoms with van der Waals surface area (Å²) in [7, 11) is 0. The van der Waals surface area contributed by atoms with Crippen molar-refractivity contribution < 1.29 is 0 Å². The molecule has 0 aromatic carbocycles. The first-order valence-corrected chi connectivity index (χ1v) is 7.49. The number of hydrogen-bond acceptors (Lipinski definition) is 4. The van der Waals surface area contributed by atoms with E-state index in [0.29, 0.717) is 0 Å². The van der Waals surface area contributed by atoms with E-state index in [1.807, 2.05) is 17.8 Å². The van der Waals surface area contributed by atoms with Gasteiger partial charge in [-0.3, -0.25) is 0 Å². The normalized spacial score (nSPS) is 10.9. The van der Waals surface area contributed by atoms with Gasteiger partial charge in [-0.25, -0.2) is 9.97 Å². The smallest absolute Gasteiger partial charge is 0.140 e. The third kappa shape index (κ3) is 5.39. The van der Waals surface area contributed by atoms with Crippen molar-refractivity contribution in [2.75, 3.05) is 17.6 Å². The van der Waals surface area contributed by atoms with Gasteiger partial charge in [0.2, 0.25) is 0 Å². The fourth-order valence-corrected chi connectivity index (χ4v) is 2.36. The van der Waals surface area contributed by atoms with Crippen LogP contribution in [0.1, 0.15) is 39.2 Å². The lowest BCUT2D eigenvalue weighted by Gasteiger charge is -2.08. The van der Waals surface area contributed by atoms with Crippen LogP contribution in [-0.2, 0) is 12.2 Å². The van der Waals surface area contributed by atoms with Crippen molar-refractivity contribution in [1.29, 1.82) is 0 Å². The van der Waals surface area contributed by atoms with E-state index in [9.17, 15) is 0 Å². The highest BCUT2D eigenvalue weighted by molar-refractivity contribution is 7.98. The number of aromatic nitrogens is 2. The SMILES string of the molecule is CCNc1cc(CC)nc(CSCC(C)C)n1. The molecule has 0 atom stereocenters. The topological polar surface area (TPSA) is 37.8 Å². The van der Waals surface area contributed by atoms with Gasteiger partial charge in [-0.2, -0.15) is 11.8 Å². The van der Waals surface area contributed by atoms with Gasteiger partial charge in [0.1, 0.15) is 11.6 Å². The molecule has 0 saturated heterocycles. The Kier molecular flexibility index (Phi) is 6.34. The molecule has 1 aromatic rings. The molecule has 17 heavy (non-hydrogen) atoms. The molecular formula is C13H23N3S. The lowest BCUT2D eigenvalue weighted by Crippen LogP contribution is -2.05. The molecular weight excluding hydrogens is 230 g/mol. The molecule has 1 rings (SSSR count). The van der Waals surface area contributed by atoms with Crippen LogP contribution >= 0.6 is 11.8 Å². The molecule has 0 bridgehead atoms. The fraction of sp³-hybridized carbons (Fsp3) is 0.692. The van der Waals surface area contributed by atoms with Crippen LogP contribution < -0.4 is 5.32 Å². The Morgan fingerprint density at radius 3 is 2.65 bits per heavy atom. The van der Waals surface area contributed by atoms with Gasteiger partial charge < -0.3 is 5.32 Å². The summed E-state index contributed by atoms with van der Waals surface area (Å²) in [5, 5.41) is 3.26. The number of nitrogens with one attached hydrogen (secondary N) is 1. The summed E-state index contributed by atoms with van der Waals surface area (Å²) in [6.45, 7) is 9.59. The number of aryl methyl sites for hydroxylation is 1. The number of nitrogens with zero attached hydrogens (tertiary/aromatic N) is 2. The maximum absolute atomic E-state index is 4.56. The van der Waals surface area contributed by atoms with Crippen LogP contribution in [0.4, 0.5) is 5.82 Å². The van der Waals surface area contributed by atoms with Gasteiger partial charge in [-0.1, -0.05) is 20.8 Å². The maximum atomic E-state index is 4.56. The van der Waals surface area contributed by atoms with E-state index >= 15 is 0 Å². The third-order valence-corrected chi connectivity index (χ3v) is 3.59. The van der Waals surface area contributed by atoms with Crippen LogP contribution in [-0.4, -0.2) is 22.3 Å². The van der Waals surface area contributed by atoms with Crippen molar-refractivity contribution in [1.82, 2.24) is 9.97 Å². The third-order valence-electron chi connectivity index (χ3n) is 2.23. The highest BCUT2D eigenvalue weighted by atomic mass is 32.2. The van der Waals surface area contributed by atoms with Crippen molar-refractivity contribution in [2.45, 2.75) is 39.9 Å². The molecule has 96 valence electrons. The summed E-state index contributed by atoms with van der Waals surface area (Å²) in [4.78, 5) is 9.08. The van der Waals surface area contributed by atoms with E-state index in [1.165, 1.54) is 0 Å². The number of anilines is 1. The minimum Gasteiger partial charge on any atom is -0.370 e. The Hall–Kier alpha value is -0.770. The Balaban J connectivity index is 2.66. The van der Waals surface area contributed by atoms with E-state index in [4.69, 9.17) is 0 Å². The highest BCUT2D eigenvalue weighted by Gasteiger charge is 2.04. The summed E-state index contributed by atoms with van der Waals surface area (Å²) in [5.74, 6) is 4.70. The molecule has 3 nitrogen and oxygen atoms in total. The van der Waals surface area contributed by atoms with Gasteiger partial charge in [0.15, 0.2) is 0 Å². The second-order valence-corrected chi connectivity index (χ2v) is 5.48. The van der Waals surface area contributed by atoms with Crippen LogP contribution in [0.25, 0.3) is 0 Å². The number of thioether (sulfide) groups is 1. The maximum Gasteiger partial charge on any atom is 0.140 e. The summed E-state index contributed by atoms with van der Waals surface area (Å²) in [6, 6.07) is 2.04. The first kappa shape index (κ1) is 14.3. The Morgan fingerprint density at radius 1 is 1.29 bits per heavy atom. The van der Waals surface area contributed by atoms with E-state index < -0.39 is 0 Å². The first-order valence-electron chi connectivity index (χ1n) is 6.34. The second kappa shape index (κ2) is 7.54. The minimum absolute atomic E-state index is 0.725. The van der Waals surface area contributed by atoms with Crippen molar-refractivity contribution in [3.8, 4) is 0 Å². The van der Waals surface area contributed by atoms with Crippen LogP contribution in [0.15, 0.2) is 6.07 Å². The molecule has 1 N–H and O–H groups in total. The van der Waals surface area contributed by atoms with E-state index in [-0.39, 0.29) is 0 Å². The Morgan fingerprint density at radius 2 is 2.06 bits per heavy atom. The molecule has 1 aromatic heterocycles. The highest BCUT2D eigenvalue weighted by Crippen LogP contribution is 2.15. The van der Waals surface area contributed by atoms with E-state index in [0.717, 1.165) is 47.7 Å². The quantitative estimate of drug-likeness (QED) is 0.808. The monoisotopic (exact) mass is 253 g/mol. The zero-order valence-corrected chi connectivity index (χ0v) is 12.1. The van der Waals surface area contributed by atoms with Crippen LogP contribution in [0.3, 0.4) is 0 Å². The van der Waals surface area contributed by atoms with Gasteiger partial charge >= 0.3 is 0 Å². The number of hydrogen-bond donors (Lipinski definition) is 1. The molecule has 0 saturated carbocycles. The van der Waals surface area contributed by atoms with Crippen molar-refractivity contribution in [3.05, 3.63) is 17.6 Å². The van der Waals surface area contributed by atoms with Crippen molar-refractivity contribution in [3.63, 3.8) is 0 Å². The lowest BCUT2D eigenvalue weighted by atomic mass is 10.3. The van der Waals surface area contributed by atoms with Crippen molar-refractivity contribution >= 4 is 17.6 Å². The molecule has 0 aliphatic carbocycles. The molecule has 4 heteroatoms. The molecule has 0 aliphatic rings. The van der Waals surface area contributed by atoms with Crippen LogP contribution in [0.2, 0.25) is 0 Å². The molecule has 0 spiro atoms. The van der Waals surface area contributed by atoms with Crippen LogP contribution in [0, 0.1) is 5.92 Å². The summed E-state index contributed by atoms with van der Waals surface area (Å²) < 4.78 is 0. The zero-order valence-electron chi connectivity index (χ0n) is 11.3. The Labute approximate surface area is 109 Å². The molecule has 0 aliphatic heterocycles. The summed E-state index contributed by atoms with van der Waals surface area (Å²) >= 11 is 1.91. The minimum atomic E-state index is 0.725. The van der Waals surface area contributed by atoms with E-state index in [2.05, 4.69) is 43.0 Å². The van der Waals surface area contributed by atoms with Gasteiger partial charge in [0.05, 0.1) is 5.75 Å². The average molecular weight is 253 g/mol. The van der Waals surface area contributed by atoms with Gasteiger partial charge in [-0.15, -0.1) is 0 Å². The molecule has 1 heterocycles. The largest absolute Gasteiger partial charge is 0.370 e.